The lowest BCUT2D eigenvalue weighted by Gasteiger charge is -2.22. The van der Waals surface area contributed by atoms with Gasteiger partial charge in [0.15, 0.2) is 0 Å². The highest BCUT2D eigenvalue weighted by Gasteiger charge is 2.23. The Morgan fingerprint density at radius 3 is 2.47 bits per heavy atom. The van der Waals surface area contributed by atoms with E-state index in [0.717, 1.165) is 6.42 Å². The van der Waals surface area contributed by atoms with Crippen molar-refractivity contribution in [3.8, 4) is 0 Å². The summed E-state index contributed by atoms with van der Waals surface area (Å²) in [7, 11) is -3.99. The lowest BCUT2D eigenvalue weighted by molar-refractivity contribution is 0.0553. The Labute approximate surface area is 102 Å². The fourth-order valence-corrected chi connectivity index (χ4v) is 2.04. The molecule has 0 heterocycles. The van der Waals surface area contributed by atoms with E-state index in [-0.39, 0.29) is 13.2 Å². The summed E-state index contributed by atoms with van der Waals surface area (Å²) in [6.07, 6.45) is 0.129. The molecule has 0 aromatic rings. The number of amides is 1. The van der Waals surface area contributed by atoms with Gasteiger partial charge in [0.2, 0.25) is 0 Å². The molecule has 0 aromatic carbocycles. The van der Waals surface area contributed by atoms with Crippen LogP contribution >= 0.6 is 0 Å². The number of hydrogen-bond donors (Lipinski definition) is 3. The van der Waals surface area contributed by atoms with Gasteiger partial charge in [0.1, 0.15) is 0 Å². The molecule has 0 fully saturated rings. The highest BCUT2D eigenvalue weighted by atomic mass is 32.2. The van der Waals surface area contributed by atoms with Crippen molar-refractivity contribution in [2.75, 3.05) is 13.2 Å². The molecule has 0 saturated heterocycles. The largest absolute Gasteiger partial charge is 0.449 e. The number of nitrogens with one attached hydrogen (secondary N) is 2. The van der Waals surface area contributed by atoms with Crippen LogP contribution in [0.3, 0.4) is 0 Å². The Balaban J connectivity index is 4.23. The summed E-state index contributed by atoms with van der Waals surface area (Å²) in [6, 6.07) is 0. The van der Waals surface area contributed by atoms with E-state index in [2.05, 4.69) is 9.46 Å². The molecule has 0 bridgehead atoms. The third-order valence-electron chi connectivity index (χ3n) is 1.92. The minimum atomic E-state index is -3.99. The number of hydrogen-bond acceptors (Lipinski definition) is 5. The van der Waals surface area contributed by atoms with Gasteiger partial charge < -0.3 is 9.84 Å². The maximum absolute atomic E-state index is 11.3. The average Bonchev–Trinajstić information content (AvgIpc) is 2.15. The second-order valence-electron chi connectivity index (χ2n) is 3.89. The Hall–Kier alpha value is -0.860. The van der Waals surface area contributed by atoms with Crippen LogP contribution in [0.4, 0.5) is 4.79 Å². The number of carbonyl (C=O) groups is 1. The van der Waals surface area contributed by atoms with Crippen LogP contribution in [0, 0.1) is 0 Å². The molecule has 102 valence electrons. The maximum Gasteiger partial charge on any atom is 0.421 e. The topological polar surface area (TPSA) is 105 Å². The Morgan fingerprint density at radius 1 is 1.41 bits per heavy atom. The van der Waals surface area contributed by atoms with Gasteiger partial charge in [-0.15, -0.1) is 0 Å². The van der Waals surface area contributed by atoms with Gasteiger partial charge in [0.25, 0.3) is 0 Å². The van der Waals surface area contributed by atoms with Crippen molar-refractivity contribution in [2.24, 2.45) is 0 Å². The molecule has 17 heavy (non-hydrogen) atoms. The molecular formula is C9H20N2O5S. The standard InChI is InChI=1S/C9H20N2O5S/c1-4-6-9(3,13)7-10-17(14,15)11-8(12)16-5-2/h10,13H,4-7H2,1-3H3,(H,11,12). The SMILES string of the molecule is CCCC(C)(O)CNS(=O)(=O)NC(=O)OCC. The molecule has 7 nitrogen and oxygen atoms in total. The monoisotopic (exact) mass is 268 g/mol. The molecule has 0 radical (unpaired) electrons. The van der Waals surface area contributed by atoms with Gasteiger partial charge in [0.05, 0.1) is 12.2 Å². The van der Waals surface area contributed by atoms with E-state index in [1.165, 1.54) is 6.92 Å². The number of rotatable bonds is 7. The van der Waals surface area contributed by atoms with Crippen LogP contribution in [0.1, 0.15) is 33.6 Å². The highest BCUT2D eigenvalue weighted by molar-refractivity contribution is 7.88. The molecule has 3 N–H and O–H groups in total. The first-order valence-electron chi connectivity index (χ1n) is 5.39. The summed E-state index contributed by atoms with van der Waals surface area (Å²) in [5.41, 5.74) is -1.14. The van der Waals surface area contributed by atoms with Crippen molar-refractivity contribution in [3.05, 3.63) is 0 Å². The van der Waals surface area contributed by atoms with Gasteiger partial charge in [-0.05, 0) is 20.3 Å². The minimum absolute atomic E-state index is 0.0783. The Bertz CT molecular complexity index is 339. The van der Waals surface area contributed by atoms with Crippen molar-refractivity contribution >= 4 is 16.3 Å². The van der Waals surface area contributed by atoms with Gasteiger partial charge >= 0.3 is 16.3 Å². The van der Waals surface area contributed by atoms with Crippen LogP contribution in [-0.2, 0) is 14.9 Å². The van der Waals surface area contributed by atoms with E-state index in [1.54, 1.807) is 11.6 Å². The zero-order chi connectivity index (χ0) is 13.5. The van der Waals surface area contributed by atoms with Crippen LogP contribution in [0.5, 0.6) is 0 Å². The first-order chi connectivity index (χ1) is 7.72. The van der Waals surface area contributed by atoms with E-state index in [4.69, 9.17) is 0 Å². The molecule has 0 spiro atoms. The maximum atomic E-state index is 11.3. The molecule has 0 saturated carbocycles. The van der Waals surface area contributed by atoms with Crippen molar-refractivity contribution in [2.45, 2.75) is 39.2 Å². The summed E-state index contributed by atoms with van der Waals surface area (Å²) < 4.78 is 30.8. The summed E-state index contributed by atoms with van der Waals surface area (Å²) in [5, 5.41) is 9.74. The third-order valence-corrected chi connectivity index (χ3v) is 2.88. The van der Waals surface area contributed by atoms with E-state index >= 15 is 0 Å². The van der Waals surface area contributed by atoms with Crippen molar-refractivity contribution < 1.29 is 23.1 Å². The first kappa shape index (κ1) is 16.1. The minimum Gasteiger partial charge on any atom is -0.449 e. The van der Waals surface area contributed by atoms with Crippen LogP contribution in [-0.4, -0.2) is 38.4 Å². The van der Waals surface area contributed by atoms with Crippen LogP contribution in [0.25, 0.3) is 0 Å². The van der Waals surface area contributed by atoms with Crippen LogP contribution in [0.2, 0.25) is 0 Å². The molecule has 0 aromatic heterocycles. The highest BCUT2D eigenvalue weighted by Crippen LogP contribution is 2.10. The molecule has 0 rings (SSSR count). The predicted octanol–water partition coefficient (Wildman–Crippen LogP) is 0.118. The van der Waals surface area contributed by atoms with Gasteiger partial charge in [-0.25, -0.2) is 9.52 Å². The fraction of sp³-hybridized carbons (Fsp3) is 0.889. The normalized spacial score (nSPS) is 15.1. The molecule has 1 amide bonds. The molecule has 0 aliphatic heterocycles. The summed E-state index contributed by atoms with van der Waals surface area (Å²) in [4.78, 5) is 10.9. The summed E-state index contributed by atoms with van der Waals surface area (Å²) in [6.45, 7) is 4.86. The number of ether oxygens (including phenoxy) is 1. The van der Waals surface area contributed by atoms with E-state index in [1.807, 2.05) is 6.92 Å². The lowest BCUT2D eigenvalue weighted by atomic mass is 10.0. The number of aliphatic hydroxyl groups is 1. The van der Waals surface area contributed by atoms with Gasteiger partial charge in [-0.1, -0.05) is 13.3 Å². The van der Waals surface area contributed by atoms with Crippen molar-refractivity contribution in [1.82, 2.24) is 9.44 Å². The fourth-order valence-electron chi connectivity index (χ4n) is 1.18. The predicted molar refractivity (Wildman–Crippen MR) is 62.6 cm³/mol. The zero-order valence-corrected chi connectivity index (χ0v) is 11.1. The van der Waals surface area contributed by atoms with E-state index in [0.29, 0.717) is 6.42 Å². The quantitative estimate of drug-likeness (QED) is 0.608. The third kappa shape index (κ3) is 7.94. The van der Waals surface area contributed by atoms with E-state index in [9.17, 15) is 18.3 Å². The van der Waals surface area contributed by atoms with Crippen molar-refractivity contribution in [3.63, 3.8) is 0 Å². The molecule has 8 heteroatoms. The van der Waals surface area contributed by atoms with Gasteiger partial charge in [0, 0.05) is 6.54 Å². The van der Waals surface area contributed by atoms with Crippen molar-refractivity contribution in [1.29, 1.82) is 0 Å². The summed E-state index contributed by atoms with van der Waals surface area (Å²) >= 11 is 0. The second-order valence-corrected chi connectivity index (χ2v) is 5.39. The average molecular weight is 268 g/mol. The first-order valence-corrected chi connectivity index (χ1v) is 6.87. The number of carbonyl (C=O) groups excluding carboxylic acids is 1. The molecule has 0 aliphatic carbocycles. The molecule has 1 atom stereocenters. The van der Waals surface area contributed by atoms with Gasteiger partial charge in [-0.3, -0.25) is 0 Å². The smallest absolute Gasteiger partial charge is 0.421 e. The second kappa shape index (κ2) is 6.77. The zero-order valence-electron chi connectivity index (χ0n) is 10.3. The Kier molecular flexibility index (Phi) is 6.43. The lowest BCUT2D eigenvalue weighted by Crippen LogP contribution is -2.46. The molecule has 0 aliphatic rings. The molecular weight excluding hydrogens is 248 g/mol. The Morgan fingerprint density at radius 2 is 2.00 bits per heavy atom. The van der Waals surface area contributed by atoms with Crippen LogP contribution in [0.15, 0.2) is 0 Å². The van der Waals surface area contributed by atoms with Crippen LogP contribution < -0.4 is 9.44 Å². The van der Waals surface area contributed by atoms with Gasteiger partial charge in [-0.2, -0.15) is 13.1 Å². The summed E-state index contributed by atoms with van der Waals surface area (Å²) in [5.74, 6) is 0. The molecule has 1 unspecified atom stereocenters. The van der Waals surface area contributed by atoms with E-state index < -0.39 is 21.9 Å².